The van der Waals surface area contributed by atoms with Gasteiger partial charge in [0.1, 0.15) is 0 Å². The summed E-state index contributed by atoms with van der Waals surface area (Å²) in [6.07, 6.45) is 1.57. The van der Waals surface area contributed by atoms with Crippen LogP contribution in [-0.4, -0.2) is 14.5 Å². The van der Waals surface area contributed by atoms with E-state index in [1.54, 1.807) is 6.08 Å². The quantitative estimate of drug-likeness (QED) is 0.772. The molecule has 0 rings (SSSR count). The van der Waals surface area contributed by atoms with Crippen LogP contribution in [0.3, 0.4) is 0 Å². The molecule has 0 fully saturated rings. The van der Waals surface area contributed by atoms with Gasteiger partial charge in [0.25, 0.3) is 0 Å². The number of hydrogen-bond acceptors (Lipinski definition) is 1. The third-order valence-electron chi connectivity index (χ3n) is 0.380. The van der Waals surface area contributed by atoms with Crippen LogP contribution in [-0.2, 0) is 11.1 Å². The molecular formula is C3H4Br2O2S. The minimum atomic E-state index is -1.72. The molecule has 2 nitrogen and oxygen atoms in total. The summed E-state index contributed by atoms with van der Waals surface area (Å²) in [6.45, 7) is 0. The fourth-order valence-corrected chi connectivity index (χ4v) is 1.20. The SMILES string of the molecule is O=S(O)CC=C(Br)Br. The zero-order chi connectivity index (χ0) is 6.57. The normalized spacial score (nSPS) is 12.9. The maximum Gasteiger partial charge on any atom is 0.156 e. The zero-order valence-corrected chi connectivity index (χ0v) is 7.79. The lowest BCUT2D eigenvalue weighted by Gasteiger charge is -1.82. The number of halogens is 2. The first-order valence-electron chi connectivity index (χ1n) is 1.71. The van der Waals surface area contributed by atoms with Crippen molar-refractivity contribution < 1.29 is 8.76 Å². The van der Waals surface area contributed by atoms with Crippen LogP contribution in [0.15, 0.2) is 9.47 Å². The summed E-state index contributed by atoms with van der Waals surface area (Å²) in [6, 6.07) is 0. The fourth-order valence-electron chi connectivity index (χ4n) is 0.134. The van der Waals surface area contributed by atoms with Crippen molar-refractivity contribution in [1.82, 2.24) is 0 Å². The number of rotatable bonds is 2. The molecule has 0 aromatic heterocycles. The van der Waals surface area contributed by atoms with Gasteiger partial charge in [-0.25, -0.2) is 4.21 Å². The van der Waals surface area contributed by atoms with Gasteiger partial charge in [-0.1, -0.05) is 0 Å². The van der Waals surface area contributed by atoms with Gasteiger partial charge < -0.3 is 4.55 Å². The fraction of sp³-hybridized carbons (Fsp3) is 0.333. The average Bonchev–Trinajstić information content (AvgIpc) is 1.61. The molecule has 1 unspecified atom stereocenters. The van der Waals surface area contributed by atoms with Gasteiger partial charge in [0.15, 0.2) is 11.1 Å². The molecule has 0 aromatic carbocycles. The Balaban J connectivity index is 3.45. The highest BCUT2D eigenvalue weighted by Crippen LogP contribution is 2.11. The summed E-state index contributed by atoms with van der Waals surface area (Å²) < 4.78 is 18.8. The Hall–Kier alpha value is 0.810. The molecule has 1 N–H and O–H groups in total. The Kier molecular flexibility index (Phi) is 5.14. The van der Waals surface area contributed by atoms with Crippen LogP contribution in [0, 0.1) is 0 Å². The molecule has 0 saturated heterocycles. The first-order chi connectivity index (χ1) is 3.63. The lowest BCUT2D eigenvalue weighted by Crippen LogP contribution is -1.88. The third kappa shape index (κ3) is 6.81. The van der Waals surface area contributed by atoms with Gasteiger partial charge in [0, 0.05) is 0 Å². The van der Waals surface area contributed by atoms with E-state index in [0.29, 0.717) is 3.39 Å². The highest BCUT2D eigenvalue weighted by Gasteiger charge is 1.87. The predicted molar refractivity (Wildman–Crippen MR) is 41.6 cm³/mol. The Bertz CT molecular complexity index is 118. The molecular weight excluding hydrogens is 260 g/mol. The van der Waals surface area contributed by atoms with E-state index in [1.807, 2.05) is 0 Å². The largest absolute Gasteiger partial charge is 0.306 e. The van der Waals surface area contributed by atoms with E-state index in [4.69, 9.17) is 4.55 Å². The van der Waals surface area contributed by atoms with E-state index in [9.17, 15) is 4.21 Å². The molecule has 0 spiro atoms. The summed E-state index contributed by atoms with van der Waals surface area (Å²) in [5.41, 5.74) is 0. The van der Waals surface area contributed by atoms with Crippen molar-refractivity contribution in [1.29, 1.82) is 0 Å². The third-order valence-corrected chi connectivity index (χ3v) is 1.48. The molecule has 0 aliphatic rings. The molecule has 1 atom stereocenters. The predicted octanol–water partition coefficient (Wildman–Crippen LogP) is 1.84. The van der Waals surface area contributed by atoms with Crippen LogP contribution < -0.4 is 0 Å². The Morgan fingerprint density at radius 1 is 1.75 bits per heavy atom. The number of hydrogen-bond donors (Lipinski definition) is 1. The molecule has 48 valence electrons. The summed E-state index contributed by atoms with van der Waals surface area (Å²) in [7, 11) is 0. The molecule has 5 heteroatoms. The minimum absolute atomic E-state index is 0.159. The molecule has 0 amide bonds. The Morgan fingerprint density at radius 2 is 2.25 bits per heavy atom. The lowest BCUT2D eigenvalue weighted by molar-refractivity contribution is 0.567. The second-order valence-corrected chi connectivity index (χ2v) is 4.73. The first kappa shape index (κ1) is 8.81. The highest BCUT2D eigenvalue weighted by molar-refractivity contribution is 9.28. The van der Waals surface area contributed by atoms with Crippen LogP contribution in [0.2, 0.25) is 0 Å². The van der Waals surface area contributed by atoms with Crippen molar-refractivity contribution in [2.75, 3.05) is 5.75 Å². The van der Waals surface area contributed by atoms with Crippen LogP contribution in [0.4, 0.5) is 0 Å². The van der Waals surface area contributed by atoms with E-state index in [-0.39, 0.29) is 5.75 Å². The van der Waals surface area contributed by atoms with E-state index >= 15 is 0 Å². The summed E-state index contributed by atoms with van der Waals surface area (Å²) >= 11 is 4.35. The second-order valence-electron chi connectivity index (χ2n) is 0.982. The molecule has 0 radical (unpaired) electrons. The van der Waals surface area contributed by atoms with Gasteiger partial charge >= 0.3 is 0 Å². The van der Waals surface area contributed by atoms with E-state index in [1.165, 1.54) is 0 Å². The molecule has 8 heavy (non-hydrogen) atoms. The van der Waals surface area contributed by atoms with Gasteiger partial charge in [-0.05, 0) is 37.9 Å². The van der Waals surface area contributed by atoms with E-state index in [2.05, 4.69) is 31.9 Å². The minimum Gasteiger partial charge on any atom is -0.306 e. The van der Waals surface area contributed by atoms with Crippen molar-refractivity contribution in [3.05, 3.63) is 9.47 Å². The van der Waals surface area contributed by atoms with Crippen LogP contribution in [0.5, 0.6) is 0 Å². The molecule has 0 aromatic rings. The van der Waals surface area contributed by atoms with Crippen molar-refractivity contribution in [2.45, 2.75) is 0 Å². The van der Waals surface area contributed by atoms with Crippen molar-refractivity contribution in [2.24, 2.45) is 0 Å². The monoisotopic (exact) mass is 262 g/mol. The Morgan fingerprint density at radius 3 is 2.38 bits per heavy atom. The smallest absolute Gasteiger partial charge is 0.156 e. The summed E-state index contributed by atoms with van der Waals surface area (Å²) in [5.74, 6) is 0.159. The molecule has 0 heterocycles. The maximum atomic E-state index is 9.93. The average molecular weight is 264 g/mol. The van der Waals surface area contributed by atoms with Crippen molar-refractivity contribution >= 4 is 42.9 Å². The van der Waals surface area contributed by atoms with Crippen LogP contribution >= 0.6 is 31.9 Å². The first-order valence-corrected chi connectivity index (χ1v) is 4.57. The standard InChI is InChI=1S/C3H4Br2O2S/c4-3(5)1-2-8(6)7/h1H,2H2,(H,6,7). The van der Waals surface area contributed by atoms with Gasteiger partial charge in [0.05, 0.1) is 9.14 Å². The van der Waals surface area contributed by atoms with Gasteiger partial charge in [0.2, 0.25) is 0 Å². The van der Waals surface area contributed by atoms with Gasteiger partial charge in [-0.2, -0.15) is 0 Å². The van der Waals surface area contributed by atoms with Gasteiger partial charge in [-0.15, -0.1) is 0 Å². The maximum absolute atomic E-state index is 9.93. The molecule has 0 aliphatic carbocycles. The van der Waals surface area contributed by atoms with Crippen molar-refractivity contribution in [3.8, 4) is 0 Å². The second kappa shape index (κ2) is 4.67. The topological polar surface area (TPSA) is 37.3 Å². The molecule has 0 bridgehead atoms. The zero-order valence-electron chi connectivity index (χ0n) is 3.80. The van der Waals surface area contributed by atoms with Crippen molar-refractivity contribution in [3.63, 3.8) is 0 Å². The van der Waals surface area contributed by atoms with Crippen LogP contribution in [0.1, 0.15) is 0 Å². The van der Waals surface area contributed by atoms with Crippen LogP contribution in [0.25, 0.3) is 0 Å². The van der Waals surface area contributed by atoms with Gasteiger partial charge in [-0.3, -0.25) is 0 Å². The lowest BCUT2D eigenvalue weighted by atomic mass is 10.8. The summed E-state index contributed by atoms with van der Waals surface area (Å²) in [4.78, 5) is 0. The summed E-state index contributed by atoms with van der Waals surface area (Å²) in [5, 5.41) is 0. The molecule has 0 saturated carbocycles. The van der Waals surface area contributed by atoms with E-state index in [0.717, 1.165) is 0 Å². The Labute approximate surface area is 66.9 Å². The molecule has 0 aliphatic heterocycles. The highest BCUT2D eigenvalue weighted by atomic mass is 79.9. The van der Waals surface area contributed by atoms with E-state index < -0.39 is 11.1 Å².